The molecule has 0 saturated carbocycles. The van der Waals surface area contributed by atoms with Gasteiger partial charge >= 0.3 is 0 Å². The van der Waals surface area contributed by atoms with Gasteiger partial charge in [-0.25, -0.2) is 9.97 Å². The van der Waals surface area contributed by atoms with E-state index in [4.69, 9.17) is 14.2 Å². The van der Waals surface area contributed by atoms with Gasteiger partial charge in [0.15, 0.2) is 17.3 Å². The first-order valence-corrected chi connectivity index (χ1v) is 9.37. The average Bonchev–Trinajstić information content (AvgIpc) is 3.14. The summed E-state index contributed by atoms with van der Waals surface area (Å²) in [6, 6.07) is 11.9. The Hall–Kier alpha value is -3.48. The molecule has 29 heavy (non-hydrogen) atoms. The summed E-state index contributed by atoms with van der Waals surface area (Å²) in [6.07, 6.45) is 2.46. The Bertz CT molecular complexity index is 1160. The number of aromatic amines is 1. The van der Waals surface area contributed by atoms with Gasteiger partial charge < -0.3 is 24.1 Å². The molecule has 0 fully saturated rings. The largest absolute Gasteiger partial charge is 0.497 e. The number of hydrogen-bond acceptors (Lipinski definition) is 6. The first kappa shape index (κ1) is 18.9. The molecular formula is C22H24N4O3. The lowest BCUT2D eigenvalue weighted by Gasteiger charge is -2.19. The van der Waals surface area contributed by atoms with Crippen LogP contribution in [0.4, 0.5) is 5.82 Å². The molecule has 150 valence electrons. The van der Waals surface area contributed by atoms with Crippen LogP contribution in [0.3, 0.4) is 0 Å². The predicted octanol–water partition coefficient (Wildman–Crippen LogP) is 3.82. The van der Waals surface area contributed by atoms with Gasteiger partial charge in [-0.2, -0.15) is 0 Å². The van der Waals surface area contributed by atoms with E-state index in [1.54, 1.807) is 27.7 Å². The number of likely N-dealkylation sites (N-methyl/N-ethyl adjacent to an activating group) is 1. The van der Waals surface area contributed by atoms with Crippen molar-refractivity contribution in [2.24, 2.45) is 0 Å². The minimum Gasteiger partial charge on any atom is -0.497 e. The number of anilines is 1. The van der Waals surface area contributed by atoms with Crippen molar-refractivity contribution < 1.29 is 14.2 Å². The third-order valence-corrected chi connectivity index (χ3v) is 5.11. The van der Waals surface area contributed by atoms with E-state index in [0.29, 0.717) is 0 Å². The molecule has 0 unspecified atom stereocenters. The predicted molar refractivity (Wildman–Crippen MR) is 114 cm³/mol. The molecule has 4 rings (SSSR count). The number of H-pyrrole nitrogens is 1. The maximum absolute atomic E-state index is 5.40. The van der Waals surface area contributed by atoms with E-state index in [1.165, 1.54) is 5.56 Å². The second kappa shape index (κ2) is 7.87. The van der Waals surface area contributed by atoms with Gasteiger partial charge in [-0.15, -0.1) is 0 Å². The van der Waals surface area contributed by atoms with Crippen LogP contribution in [0.1, 0.15) is 5.56 Å². The van der Waals surface area contributed by atoms with Crippen molar-refractivity contribution in [3.05, 3.63) is 48.3 Å². The van der Waals surface area contributed by atoms with Gasteiger partial charge in [0.1, 0.15) is 23.1 Å². The van der Waals surface area contributed by atoms with E-state index in [0.717, 1.165) is 58.0 Å². The van der Waals surface area contributed by atoms with Gasteiger partial charge in [0, 0.05) is 25.0 Å². The number of methoxy groups -OCH3 is 3. The first-order valence-electron chi connectivity index (χ1n) is 9.37. The van der Waals surface area contributed by atoms with Crippen LogP contribution in [0, 0.1) is 0 Å². The molecule has 0 saturated heterocycles. The summed E-state index contributed by atoms with van der Waals surface area (Å²) in [5, 5.41) is 1.05. The summed E-state index contributed by atoms with van der Waals surface area (Å²) in [4.78, 5) is 14.6. The molecule has 7 heteroatoms. The normalized spacial score (nSPS) is 11.0. The van der Waals surface area contributed by atoms with Crippen LogP contribution in [-0.2, 0) is 6.42 Å². The van der Waals surface area contributed by atoms with Gasteiger partial charge in [-0.1, -0.05) is 6.07 Å². The molecule has 0 aliphatic carbocycles. The summed E-state index contributed by atoms with van der Waals surface area (Å²) < 4.78 is 16.1. The molecule has 0 amide bonds. The molecule has 2 aromatic heterocycles. The Morgan fingerprint density at radius 1 is 0.931 bits per heavy atom. The fourth-order valence-corrected chi connectivity index (χ4v) is 3.52. The van der Waals surface area contributed by atoms with E-state index in [-0.39, 0.29) is 0 Å². The van der Waals surface area contributed by atoms with E-state index in [2.05, 4.69) is 25.9 Å². The highest BCUT2D eigenvalue weighted by Crippen LogP contribution is 2.31. The Labute approximate surface area is 169 Å². The van der Waals surface area contributed by atoms with Crippen LogP contribution in [-0.4, -0.2) is 49.9 Å². The minimum atomic E-state index is 0.732. The highest BCUT2D eigenvalue weighted by molar-refractivity contribution is 6.08. The van der Waals surface area contributed by atoms with Gasteiger partial charge in [0.2, 0.25) is 0 Å². The number of aromatic nitrogens is 3. The van der Waals surface area contributed by atoms with Gasteiger partial charge in [-0.3, -0.25) is 0 Å². The average molecular weight is 392 g/mol. The number of fused-ring (bicyclic) bond motifs is 3. The van der Waals surface area contributed by atoms with Crippen molar-refractivity contribution >= 4 is 27.8 Å². The Morgan fingerprint density at radius 3 is 2.52 bits per heavy atom. The SMILES string of the molecule is COc1ccc2c(c1)[nH]c1c(N(C)CCc3ccc(OC)c(OC)c3)ncnc12. The highest BCUT2D eigenvalue weighted by atomic mass is 16.5. The molecule has 4 aromatic rings. The molecule has 0 bridgehead atoms. The lowest BCUT2D eigenvalue weighted by Crippen LogP contribution is -2.21. The van der Waals surface area contributed by atoms with Gasteiger partial charge in [0.25, 0.3) is 0 Å². The monoisotopic (exact) mass is 392 g/mol. The summed E-state index contributed by atoms with van der Waals surface area (Å²) in [7, 11) is 6.99. The number of rotatable bonds is 7. The zero-order valence-corrected chi connectivity index (χ0v) is 17.0. The number of nitrogens with one attached hydrogen (secondary N) is 1. The number of hydrogen-bond donors (Lipinski definition) is 1. The van der Waals surface area contributed by atoms with Gasteiger partial charge in [-0.05, 0) is 36.2 Å². The van der Waals surface area contributed by atoms with Crippen molar-refractivity contribution in [3.63, 3.8) is 0 Å². The number of nitrogens with zero attached hydrogens (tertiary/aromatic N) is 3. The van der Waals surface area contributed by atoms with E-state index >= 15 is 0 Å². The Morgan fingerprint density at radius 2 is 1.76 bits per heavy atom. The molecule has 0 aliphatic heterocycles. The lowest BCUT2D eigenvalue weighted by atomic mass is 10.1. The van der Waals surface area contributed by atoms with E-state index in [9.17, 15) is 0 Å². The molecule has 0 atom stereocenters. The summed E-state index contributed by atoms with van der Waals surface area (Å²) in [5.74, 6) is 3.14. The maximum atomic E-state index is 5.40. The molecule has 1 N–H and O–H groups in total. The molecule has 0 aliphatic rings. The fraction of sp³-hybridized carbons (Fsp3) is 0.273. The molecule has 7 nitrogen and oxygen atoms in total. The lowest BCUT2D eigenvalue weighted by molar-refractivity contribution is 0.354. The smallest absolute Gasteiger partial charge is 0.160 e. The maximum Gasteiger partial charge on any atom is 0.160 e. The van der Waals surface area contributed by atoms with E-state index in [1.807, 2.05) is 37.4 Å². The van der Waals surface area contributed by atoms with Crippen molar-refractivity contribution in [2.75, 3.05) is 39.8 Å². The van der Waals surface area contributed by atoms with E-state index < -0.39 is 0 Å². The summed E-state index contributed by atoms with van der Waals surface area (Å²) >= 11 is 0. The number of benzene rings is 2. The third-order valence-electron chi connectivity index (χ3n) is 5.11. The third kappa shape index (κ3) is 3.51. The molecule has 0 spiro atoms. The second-order valence-electron chi connectivity index (χ2n) is 6.82. The first-order chi connectivity index (χ1) is 14.1. The van der Waals surface area contributed by atoms with Crippen molar-refractivity contribution in [1.29, 1.82) is 0 Å². The molecule has 2 heterocycles. The summed E-state index contributed by atoms with van der Waals surface area (Å²) in [5.41, 5.74) is 3.98. The van der Waals surface area contributed by atoms with Gasteiger partial charge in [0.05, 0.1) is 26.8 Å². The molecular weight excluding hydrogens is 368 g/mol. The quantitative estimate of drug-likeness (QED) is 0.516. The second-order valence-corrected chi connectivity index (χ2v) is 6.82. The summed E-state index contributed by atoms with van der Waals surface area (Å²) in [6.45, 7) is 0.792. The van der Waals surface area contributed by atoms with Crippen LogP contribution in [0.2, 0.25) is 0 Å². The highest BCUT2D eigenvalue weighted by Gasteiger charge is 2.14. The molecule has 2 aromatic carbocycles. The Balaban J connectivity index is 1.61. The zero-order valence-electron chi connectivity index (χ0n) is 17.0. The standard InChI is InChI=1S/C22H24N4O3/c1-26(10-9-14-5-8-18(28-3)19(11-14)29-4)22-21-20(23-13-24-22)16-7-6-15(27-2)12-17(16)25-21/h5-8,11-13,25H,9-10H2,1-4H3. The van der Waals surface area contributed by atoms with Crippen LogP contribution in [0.5, 0.6) is 17.2 Å². The van der Waals surface area contributed by atoms with Crippen LogP contribution in [0.25, 0.3) is 21.9 Å². The number of ether oxygens (including phenoxy) is 3. The van der Waals surface area contributed by atoms with Crippen LogP contribution < -0.4 is 19.1 Å². The van der Waals surface area contributed by atoms with Crippen LogP contribution in [0.15, 0.2) is 42.7 Å². The topological polar surface area (TPSA) is 72.5 Å². The van der Waals surface area contributed by atoms with Crippen molar-refractivity contribution in [3.8, 4) is 17.2 Å². The van der Waals surface area contributed by atoms with Crippen LogP contribution >= 0.6 is 0 Å². The van der Waals surface area contributed by atoms with Crippen molar-refractivity contribution in [1.82, 2.24) is 15.0 Å². The Kier molecular flexibility index (Phi) is 5.12. The minimum absolute atomic E-state index is 0.732. The van der Waals surface area contributed by atoms with Crippen molar-refractivity contribution in [2.45, 2.75) is 6.42 Å². The zero-order chi connectivity index (χ0) is 20.4. The molecule has 0 radical (unpaired) electrons. The fourth-order valence-electron chi connectivity index (χ4n) is 3.52.